The largest absolute Gasteiger partial charge is 0.493 e. The highest BCUT2D eigenvalue weighted by molar-refractivity contribution is 7.80. The number of rotatable bonds is 2. The fourth-order valence-electron chi connectivity index (χ4n) is 2.00. The van der Waals surface area contributed by atoms with Gasteiger partial charge in [-0.25, -0.2) is 0 Å². The highest BCUT2D eigenvalue weighted by atomic mass is 32.1. The highest BCUT2D eigenvalue weighted by Gasteiger charge is 2.17. The fourth-order valence-corrected chi connectivity index (χ4v) is 2.04. The van der Waals surface area contributed by atoms with Crippen molar-refractivity contribution < 1.29 is 5.11 Å². The van der Waals surface area contributed by atoms with Crippen molar-refractivity contribution in [2.24, 2.45) is 10.2 Å². The van der Waals surface area contributed by atoms with Crippen LogP contribution >= 0.6 is 12.2 Å². The zero-order chi connectivity index (χ0) is 14.0. The molecule has 0 saturated carbocycles. The van der Waals surface area contributed by atoms with E-state index in [9.17, 15) is 5.11 Å². The van der Waals surface area contributed by atoms with Gasteiger partial charge >= 0.3 is 0 Å². The predicted molar refractivity (Wildman–Crippen MR) is 80.2 cm³/mol. The van der Waals surface area contributed by atoms with Crippen LogP contribution in [0.1, 0.15) is 19.9 Å². The number of hydrogen-bond acceptors (Lipinski definition) is 3. The monoisotopic (exact) mass is 276 g/mol. The zero-order valence-corrected chi connectivity index (χ0v) is 11.9. The van der Waals surface area contributed by atoms with Crippen molar-refractivity contribution in [3.05, 3.63) is 24.3 Å². The minimum Gasteiger partial charge on any atom is -0.493 e. The summed E-state index contributed by atoms with van der Waals surface area (Å²) in [5.41, 5.74) is 1.38. The lowest BCUT2D eigenvalue weighted by molar-refractivity contribution is 0.407. The summed E-state index contributed by atoms with van der Waals surface area (Å²) in [6.07, 6.45) is 0. The number of nitrogens with zero attached hydrogens (tertiary/aromatic N) is 3. The molecule has 0 fully saturated rings. The maximum Gasteiger partial charge on any atom is 0.221 e. The second kappa shape index (κ2) is 5.36. The van der Waals surface area contributed by atoms with Crippen molar-refractivity contribution in [1.29, 1.82) is 0 Å². The van der Waals surface area contributed by atoms with Gasteiger partial charge in [0.2, 0.25) is 11.0 Å². The molecule has 0 saturated heterocycles. The quantitative estimate of drug-likeness (QED) is 0.651. The van der Waals surface area contributed by atoms with Gasteiger partial charge in [-0.3, -0.25) is 0 Å². The molecule has 6 heteroatoms. The number of benzene rings is 1. The van der Waals surface area contributed by atoms with E-state index in [2.05, 4.69) is 15.5 Å². The van der Waals surface area contributed by atoms with E-state index in [0.29, 0.717) is 5.69 Å². The van der Waals surface area contributed by atoms with Gasteiger partial charge in [0.25, 0.3) is 0 Å². The van der Waals surface area contributed by atoms with Crippen LogP contribution in [0.4, 0.5) is 5.69 Å². The molecular weight excluding hydrogens is 260 g/mol. The third-order valence-corrected chi connectivity index (χ3v) is 3.12. The standard InChI is InChI=1S/C13H16N4OS/c1-8(2)17-10-7-5-4-6-9(10)11(12(17)18)15-16-13(19)14-3/h4-8,18H,1-3H3,(H,14,19). The van der Waals surface area contributed by atoms with Crippen molar-refractivity contribution in [2.45, 2.75) is 19.9 Å². The van der Waals surface area contributed by atoms with Gasteiger partial charge in [0.15, 0.2) is 5.69 Å². The zero-order valence-electron chi connectivity index (χ0n) is 11.1. The first kappa shape index (κ1) is 13.5. The van der Waals surface area contributed by atoms with E-state index < -0.39 is 0 Å². The van der Waals surface area contributed by atoms with Crippen molar-refractivity contribution >= 4 is 33.9 Å². The first-order valence-corrected chi connectivity index (χ1v) is 6.42. The SMILES string of the molecule is CNC(=S)N=Nc1c(O)n(C(C)C)c2ccccc12. The molecule has 0 atom stereocenters. The predicted octanol–water partition coefficient (Wildman–Crippen LogP) is 3.52. The second-order valence-electron chi connectivity index (χ2n) is 4.41. The average Bonchev–Trinajstić information content (AvgIpc) is 2.68. The normalized spacial score (nSPS) is 11.6. The number of azo groups is 1. The number of aromatic hydroxyl groups is 1. The average molecular weight is 276 g/mol. The molecular formula is C13H16N4OS. The topological polar surface area (TPSA) is 61.9 Å². The Labute approximate surface area is 117 Å². The molecule has 0 unspecified atom stereocenters. The van der Waals surface area contributed by atoms with Crippen LogP contribution in [0.3, 0.4) is 0 Å². The minimum atomic E-state index is 0.110. The van der Waals surface area contributed by atoms with E-state index in [1.165, 1.54) is 0 Å². The number of fused-ring (bicyclic) bond motifs is 1. The number of hydrogen-bond donors (Lipinski definition) is 2. The summed E-state index contributed by atoms with van der Waals surface area (Å²) in [7, 11) is 1.68. The lowest BCUT2D eigenvalue weighted by Gasteiger charge is -2.10. The Morgan fingerprint density at radius 2 is 2.05 bits per heavy atom. The Hall–Kier alpha value is -1.95. The fraction of sp³-hybridized carbons (Fsp3) is 0.308. The highest BCUT2D eigenvalue weighted by Crippen LogP contribution is 2.40. The van der Waals surface area contributed by atoms with Crippen molar-refractivity contribution in [1.82, 2.24) is 9.88 Å². The molecule has 0 aliphatic rings. The van der Waals surface area contributed by atoms with Crippen molar-refractivity contribution in [3.63, 3.8) is 0 Å². The molecule has 1 aromatic carbocycles. The van der Waals surface area contributed by atoms with Crippen LogP contribution in [0.5, 0.6) is 5.88 Å². The van der Waals surface area contributed by atoms with Crippen LogP contribution in [-0.2, 0) is 0 Å². The summed E-state index contributed by atoms with van der Waals surface area (Å²) < 4.78 is 1.83. The van der Waals surface area contributed by atoms with E-state index in [1.54, 1.807) is 7.05 Å². The summed E-state index contributed by atoms with van der Waals surface area (Å²) in [6.45, 7) is 4.01. The van der Waals surface area contributed by atoms with Gasteiger partial charge in [-0.05, 0) is 32.1 Å². The molecule has 1 aromatic heterocycles. The Balaban J connectivity index is 2.64. The smallest absolute Gasteiger partial charge is 0.221 e. The van der Waals surface area contributed by atoms with Crippen LogP contribution in [0.15, 0.2) is 34.5 Å². The van der Waals surface area contributed by atoms with Gasteiger partial charge in [-0.2, -0.15) is 0 Å². The lowest BCUT2D eigenvalue weighted by atomic mass is 10.2. The minimum absolute atomic E-state index is 0.110. The Kier molecular flexibility index (Phi) is 3.80. The van der Waals surface area contributed by atoms with Crippen molar-refractivity contribution in [2.75, 3.05) is 7.05 Å². The number of nitrogens with one attached hydrogen (secondary N) is 1. The first-order valence-electron chi connectivity index (χ1n) is 6.01. The molecule has 1 heterocycles. The summed E-state index contributed by atoms with van der Waals surface area (Å²) in [5.74, 6) is 0.110. The van der Waals surface area contributed by atoms with Gasteiger partial charge in [0, 0.05) is 18.5 Å². The van der Waals surface area contributed by atoms with E-state index in [1.807, 2.05) is 42.7 Å². The molecule has 2 rings (SSSR count). The third-order valence-electron chi connectivity index (χ3n) is 2.83. The molecule has 100 valence electrons. The molecule has 0 aliphatic heterocycles. The van der Waals surface area contributed by atoms with E-state index in [4.69, 9.17) is 12.2 Å². The Morgan fingerprint density at radius 3 is 2.68 bits per heavy atom. The summed E-state index contributed by atoms with van der Waals surface area (Å²) in [6, 6.07) is 7.82. The van der Waals surface area contributed by atoms with Crippen molar-refractivity contribution in [3.8, 4) is 5.88 Å². The van der Waals surface area contributed by atoms with E-state index in [0.717, 1.165) is 10.9 Å². The molecule has 5 nitrogen and oxygen atoms in total. The molecule has 0 radical (unpaired) electrons. The van der Waals surface area contributed by atoms with Crippen LogP contribution in [0.2, 0.25) is 0 Å². The van der Waals surface area contributed by atoms with Gasteiger partial charge in [-0.15, -0.1) is 10.2 Å². The first-order chi connectivity index (χ1) is 9.06. The summed E-state index contributed by atoms with van der Waals surface area (Å²) >= 11 is 4.92. The van der Waals surface area contributed by atoms with Gasteiger partial charge < -0.3 is 15.0 Å². The second-order valence-corrected chi connectivity index (χ2v) is 4.79. The van der Waals surface area contributed by atoms with Crippen LogP contribution in [0.25, 0.3) is 10.9 Å². The van der Waals surface area contributed by atoms with Crippen LogP contribution in [-0.4, -0.2) is 21.8 Å². The third kappa shape index (κ3) is 2.44. The Bertz CT molecular complexity index is 645. The lowest BCUT2D eigenvalue weighted by Crippen LogP contribution is -2.11. The molecule has 19 heavy (non-hydrogen) atoms. The van der Waals surface area contributed by atoms with Gasteiger partial charge in [0.05, 0.1) is 5.52 Å². The molecule has 2 N–H and O–H groups in total. The maximum atomic E-state index is 10.3. The molecule has 0 bridgehead atoms. The number of thiocarbonyl (C=S) groups is 1. The number of para-hydroxylation sites is 1. The molecule has 0 spiro atoms. The number of aromatic nitrogens is 1. The molecule has 0 amide bonds. The molecule has 2 aromatic rings. The maximum absolute atomic E-state index is 10.3. The van der Waals surface area contributed by atoms with Crippen LogP contribution in [0, 0.1) is 0 Å². The van der Waals surface area contributed by atoms with Gasteiger partial charge in [-0.1, -0.05) is 18.2 Å². The van der Waals surface area contributed by atoms with Crippen LogP contribution < -0.4 is 5.32 Å². The van der Waals surface area contributed by atoms with Gasteiger partial charge in [0.1, 0.15) is 0 Å². The summed E-state index contributed by atoms with van der Waals surface area (Å²) in [5, 5.41) is 22.1. The van der Waals surface area contributed by atoms with E-state index >= 15 is 0 Å². The van der Waals surface area contributed by atoms with E-state index in [-0.39, 0.29) is 17.0 Å². The Morgan fingerprint density at radius 1 is 1.37 bits per heavy atom. The molecule has 0 aliphatic carbocycles. The summed E-state index contributed by atoms with van der Waals surface area (Å²) in [4.78, 5) is 0.